The van der Waals surface area contributed by atoms with Crippen molar-refractivity contribution in [3.63, 3.8) is 0 Å². The van der Waals surface area contributed by atoms with Gasteiger partial charge in [0.1, 0.15) is 17.1 Å². The summed E-state index contributed by atoms with van der Waals surface area (Å²) < 4.78 is 16.7. The second-order valence-corrected chi connectivity index (χ2v) is 8.04. The molecule has 2 fully saturated rings. The number of aromatic nitrogens is 1. The zero-order chi connectivity index (χ0) is 21.6. The van der Waals surface area contributed by atoms with Crippen LogP contribution in [0.1, 0.15) is 5.56 Å². The second-order valence-electron chi connectivity index (χ2n) is 8.04. The Bertz CT molecular complexity index is 1030. The summed E-state index contributed by atoms with van der Waals surface area (Å²) >= 11 is 0. The Balaban J connectivity index is 1.38. The number of hydrogen-bond donors (Lipinski definition) is 1. The van der Waals surface area contributed by atoms with E-state index < -0.39 is 23.5 Å². The molecule has 160 valence electrons. The number of likely N-dealkylation sites (tertiary alicyclic amines) is 1. The summed E-state index contributed by atoms with van der Waals surface area (Å²) in [7, 11) is 3.10. The molecule has 0 radical (unpaired) electrons. The third-order valence-corrected chi connectivity index (χ3v) is 6.22. The minimum atomic E-state index is -0.747. The van der Waals surface area contributed by atoms with Gasteiger partial charge in [0.15, 0.2) is 0 Å². The lowest BCUT2D eigenvalue weighted by Crippen LogP contribution is -2.41. The van der Waals surface area contributed by atoms with Crippen LogP contribution in [0.3, 0.4) is 0 Å². The Morgan fingerprint density at radius 3 is 2.61 bits per heavy atom. The van der Waals surface area contributed by atoms with E-state index in [0.29, 0.717) is 30.3 Å². The van der Waals surface area contributed by atoms with Gasteiger partial charge in [-0.1, -0.05) is 12.2 Å². The van der Waals surface area contributed by atoms with Crippen LogP contribution >= 0.6 is 0 Å². The van der Waals surface area contributed by atoms with Gasteiger partial charge < -0.3 is 24.4 Å². The van der Waals surface area contributed by atoms with E-state index in [-0.39, 0.29) is 11.8 Å². The van der Waals surface area contributed by atoms with Gasteiger partial charge in [-0.05, 0) is 17.7 Å². The zero-order valence-electron chi connectivity index (χ0n) is 17.3. The number of methoxy groups -OCH3 is 2. The molecular weight excluding hydrogens is 398 g/mol. The Labute approximate surface area is 179 Å². The molecule has 4 heterocycles. The minimum absolute atomic E-state index is 0.0629. The maximum atomic E-state index is 13.3. The number of benzene rings is 1. The van der Waals surface area contributed by atoms with Crippen molar-refractivity contribution in [3.05, 3.63) is 60.4 Å². The van der Waals surface area contributed by atoms with Gasteiger partial charge in [0.25, 0.3) is 0 Å². The highest BCUT2D eigenvalue weighted by molar-refractivity contribution is 5.99. The Morgan fingerprint density at radius 2 is 1.94 bits per heavy atom. The summed E-state index contributed by atoms with van der Waals surface area (Å²) in [6, 6.07) is 8.92. The largest absolute Gasteiger partial charge is 0.497 e. The summed E-state index contributed by atoms with van der Waals surface area (Å²) in [5.74, 6) is -0.331. The summed E-state index contributed by atoms with van der Waals surface area (Å²) in [4.78, 5) is 32.4. The number of anilines is 1. The number of amides is 2. The first-order valence-corrected chi connectivity index (χ1v) is 10.1. The van der Waals surface area contributed by atoms with Gasteiger partial charge in [0, 0.05) is 42.8 Å². The van der Waals surface area contributed by atoms with Crippen LogP contribution in [0.5, 0.6) is 11.5 Å². The van der Waals surface area contributed by atoms with E-state index in [1.807, 2.05) is 24.3 Å². The average Bonchev–Trinajstić information content (AvgIpc) is 3.42. The van der Waals surface area contributed by atoms with Crippen LogP contribution in [0, 0.1) is 11.8 Å². The lowest BCUT2D eigenvalue weighted by atomic mass is 9.77. The van der Waals surface area contributed by atoms with E-state index in [4.69, 9.17) is 14.2 Å². The summed E-state index contributed by atoms with van der Waals surface area (Å²) in [6.07, 6.45) is 6.84. The third kappa shape index (κ3) is 3.23. The fraction of sp³-hybridized carbons (Fsp3) is 0.348. The molecule has 1 aromatic heterocycles. The van der Waals surface area contributed by atoms with Crippen LogP contribution in [0.2, 0.25) is 0 Å². The fourth-order valence-corrected chi connectivity index (χ4v) is 4.83. The molecule has 5 rings (SSSR count). The number of rotatable bonds is 6. The molecule has 2 amide bonds. The fourth-order valence-electron chi connectivity index (χ4n) is 4.83. The van der Waals surface area contributed by atoms with E-state index in [2.05, 4.69) is 10.3 Å². The topological polar surface area (TPSA) is 90.0 Å². The molecular formula is C23H23N3O5. The van der Waals surface area contributed by atoms with Crippen molar-refractivity contribution in [2.24, 2.45) is 11.8 Å². The number of ether oxygens (including phenoxy) is 3. The summed E-state index contributed by atoms with van der Waals surface area (Å²) in [5.41, 5.74) is 0.784. The van der Waals surface area contributed by atoms with Crippen LogP contribution in [-0.4, -0.2) is 54.2 Å². The predicted octanol–water partition coefficient (Wildman–Crippen LogP) is 2.02. The molecule has 2 aromatic rings. The molecule has 8 nitrogen and oxygen atoms in total. The average molecular weight is 421 g/mol. The van der Waals surface area contributed by atoms with Crippen molar-refractivity contribution in [1.29, 1.82) is 0 Å². The van der Waals surface area contributed by atoms with E-state index >= 15 is 0 Å². The molecule has 4 atom stereocenters. The lowest BCUT2D eigenvalue weighted by Gasteiger charge is -2.23. The standard InChI is InChI=1S/C23H23N3O5/c1-29-16-9-15(10-17(11-16)30-2)25-21(27)19-18-3-6-23(31-18)13-26(22(28)20(19)23)12-14-4-7-24-8-5-14/h3-11,18-20H,12-13H2,1-2H3,(H,25,27)/t18-,19-,20+,23-/m1/s1. The zero-order valence-corrected chi connectivity index (χ0v) is 17.3. The van der Waals surface area contributed by atoms with E-state index in [0.717, 1.165) is 5.56 Å². The second kappa shape index (κ2) is 7.39. The number of carbonyl (C=O) groups excluding carboxylic acids is 2. The quantitative estimate of drug-likeness (QED) is 0.718. The van der Waals surface area contributed by atoms with Gasteiger partial charge in [-0.15, -0.1) is 0 Å². The Kier molecular flexibility index (Phi) is 4.66. The van der Waals surface area contributed by atoms with Crippen LogP contribution in [0.15, 0.2) is 54.9 Å². The van der Waals surface area contributed by atoms with Gasteiger partial charge in [0.2, 0.25) is 11.8 Å². The van der Waals surface area contributed by atoms with Crippen LogP contribution in [0.4, 0.5) is 5.69 Å². The molecule has 2 bridgehead atoms. The van der Waals surface area contributed by atoms with Crippen molar-refractivity contribution in [1.82, 2.24) is 9.88 Å². The first kappa shape index (κ1) is 19.6. The third-order valence-electron chi connectivity index (χ3n) is 6.22. The normalized spacial score (nSPS) is 28.0. The molecule has 31 heavy (non-hydrogen) atoms. The van der Waals surface area contributed by atoms with Gasteiger partial charge >= 0.3 is 0 Å². The first-order chi connectivity index (χ1) is 15.0. The van der Waals surface area contributed by atoms with E-state index in [9.17, 15) is 9.59 Å². The highest BCUT2D eigenvalue weighted by atomic mass is 16.5. The summed E-state index contributed by atoms with van der Waals surface area (Å²) in [6.45, 7) is 0.894. The van der Waals surface area contributed by atoms with Crippen LogP contribution in [-0.2, 0) is 20.9 Å². The van der Waals surface area contributed by atoms with Gasteiger partial charge in [-0.2, -0.15) is 0 Å². The summed E-state index contributed by atoms with van der Waals surface area (Å²) in [5, 5.41) is 2.92. The predicted molar refractivity (Wildman–Crippen MR) is 112 cm³/mol. The smallest absolute Gasteiger partial charge is 0.231 e. The van der Waals surface area contributed by atoms with Crippen LogP contribution in [0.25, 0.3) is 0 Å². The Morgan fingerprint density at radius 1 is 1.23 bits per heavy atom. The Hall–Kier alpha value is -3.39. The SMILES string of the molecule is COc1cc(NC(=O)[C@H]2[C@H]3C(=O)N(Cc4ccncc4)C[C@]34C=C[C@H]2O4)cc(OC)c1. The highest BCUT2D eigenvalue weighted by Crippen LogP contribution is 2.52. The molecule has 0 unspecified atom stereocenters. The first-order valence-electron chi connectivity index (χ1n) is 10.1. The lowest BCUT2D eigenvalue weighted by molar-refractivity contribution is -0.136. The molecule has 2 saturated heterocycles. The van der Waals surface area contributed by atoms with Crippen molar-refractivity contribution in [2.75, 3.05) is 26.1 Å². The minimum Gasteiger partial charge on any atom is -0.497 e. The number of fused-ring (bicyclic) bond motifs is 1. The molecule has 1 aromatic carbocycles. The van der Waals surface area contributed by atoms with Crippen molar-refractivity contribution >= 4 is 17.5 Å². The molecule has 1 N–H and O–H groups in total. The van der Waals surface area contributed by atoms with E-state index in [1.165, 1.54) is 0 Å². The van der Waals surface area contributed by atoms with Gasteiger partial charge in [-0.25, -0.2) is 0 Å². The highest BCUT2D eigenvalue weighted by Gasteiger charge is 2.66. The molecule has 3 aliphatic heterocycles. The molecule has 3 aliphatic rings. The van der Waals surface area contributed by atoms with Crippen LogP contribution < -0.4 is 14.8 Å². The maximum absolute atomic E-state index is 13.3. The van der Waals surface area contributed by atoms with Gasteiger partial charge in [-0.3, -0.25) is 14.6 Å². The maximum Gasteiger partial charge on any atom is 0.231 e. The number of pyridine rings is 1. The van der Waals surface area contributed by atoms with E-state index in [1.54, 1.807) is 49.7 Å². The molecule has 8 heteroatoms. The van der Waals surface area contributed by atoms with Gasteiger partial charge in [0.05, 0.1) is 38.7 Å². The van der Waals surface area contributed by atoms with Crippen molar-refractivity contribution < 1.29 is 23.8 Å². The van der Waals surface area contributed by atoms with Crippen molar-refractivity contribution in [3.8, 4) is 11.5 Å². The number of carbonyl (C=O) groups is 2. The number of nitrogens with zero attached hydrogens (tertiary/aromatic N) is 2. The number of hydrogen-bond acceptors (Lipinski definition) is 6. The molecule has 0 saturated carbocycles. The number of nitrogens with one attached hydrogen (secondary N) is 1. The van der Waals surface area contributed by atoms with Crippen molar-refractivity contribution in [2.45, 2.75) is 18.2 Å². The molecule has 0 aliphatic carbocycles. The molecule has 1 spiro atoms. The monoisotopic (exact) mass is 421 g/mol.